The number of aromatic nitrogens is 3. The quantitative estimate of drug-likeness (QED) is 0.345. The van der Waals surface area contributed by atoms with Crippen LogP contribution in [0.25, 0.3) is 0 Å². The van der Waals surface area contributed by atoms with Gasteiger partial charge in [-0.25, -0.2) is 0 Å². The number of para-hydroxylation sites is 2. The maximum Gasteiger partial charge on any atom is 0.191 e. The third-order valence-electron chi connectivity index (χ3n) is 4.18. The van der Waals surface area contributed by atoms with Gasteiger partial charge in [-0.2, -0.15) is 0 Å². The van der Waals surface area contributed by atoms with Gasteiger partial charge in [-0.05, 0) is 43.3 Å². The summed E-state index contributed by atoms with van der Waals surface area (Å²) in [5, 5.41) is 9.44. The molecule has 0 N–H and O–H groups in total. The van der Waals surface area contributed by atoms with Crippen molar-refractivity contribution in [1.82, 2.24) is 14.8 Å². The number of methoxy groups -OCH3 is 2. The molecule has 0 aliphatic carbocycles. The largest absolute Gasteiger partial charge is 0.497 e. The minimum absolute atomic E-state index is 0.324. The van der Waals surface area contributed by atoms with E-state index in [0.29, 0.717) is 24.7 Å². The first kappa shape index (κ1) is 20.9. The van der Waals surface area contributed by atoms with Crippen LogP contribution in [-0.2, 0) is 13.2 Å². The van der Waals surface area contributed by atoms with Gasteiger partial charge in [-0.1, -0.05) is 23.9 Å². The van der Waals surface area contributed by atoms with Gasteiger partial charge >= 0.3 is 0 Å². The topological polar surface area (TPSA) is 67.6 Å². The Morgan fingerprint density at radius 2 is 1.59 bits per heavy atom. The molecule has 0 atom stereocenters. The van der Waals surface area contributed by atoms with Crippen LogP contribution < -0.4 is 18.9 Å². The molecule has 0 unspecified atom stereocenters. The minimum Gasteiger partial charge on any atom is -0.497 e. The molecule has 0 radical (unpaired) electrons. The molecule has 154 valence electrons. The first-order chi connectivity index (χ1) is 14.2. The standard InChI is InChI=1S/C21H25N3O4S/c1-4-24-20(15-28-19-8-6-5-7-18(19)26-3)22-23-21(24)29-14-13-27-17-11-9-16(25-2)10-12-17/h5-12H,4,13-15H2,1-3H3. The molecule has 0 amide bonds. The molecule has 0 aliphatic heterocycles. The second-order valence-electron chi connectivity index (χ2n) is 5.96. The van der Waals surface area contributed by atoms with Crippen molar-refractivity contribution in [2.45, 2.75) is 25.2 Å². The molecule has 0 aliphatic rings. The van der Waals surface area contributed by atoms with Crippen LogP contribution in [0.2, 0.25) is 0 Å². The zero-order valence-corrected chi connectivity index (χ0v) is 17.6. The Kier molecular flexibility index (Phi) is 7.63. The van der Waals surface area contributed by atoms with E-state index in [0.717, 1.165) is 34.8 Å². The lowest BCUT2D eigenvalue weighted by molar-refractivity contribution is 0.270. The van der Waals surface area contributed by atoms with Crippen molar-refractivity contribution in [3.05, 3.63) is 54.4 Å². The van der Waals surface area contributed by atoms with Crippen molar-refractivity contribution in [3.8, 4) is 23.0 Å². The van der Waals surface area contributed by atoms with Gasteiger partial charge in [0.2, 0.25) is 0 Å². The molecule has 1 heterocycles. The number of ether oxygens (including phenoxy) is 4. The monoisotopic (exact) mass is 415 g/mol. The second-order valence-corrected chi connectivity index (χ2v) is 7.02. The summed E-state index contributed by atoms with van der Waals surface area (Å²) in [6.07, 6.45) is 0. The fourth-order valence-electron chi connectivity index (χ4n) is 2.69. The van der Waals surface area contributed by atoms with Gasteiger partial charge in [-0.3, -0.25) is 0 Å². The Labute approximate surface area is 175 Å². The van der Waals surface area contributed by atoms with E-state index in [4.69, 9.17) is 18.9 Å². The van der Waals surface area contributed by atoms with Crippen molar-refractivity contribution in [1.29, 1.82) is 0 Å². The van der Waals surface area contributed by atoms with E-state index in [1.165, 1.54) is 0 Å². The average molecular weight is 416 g/mol. The molecule has 2 aromatic carbocycles. The molecule has 3 aromatic rings. The van der Waals surface area contributed by atoms with Gasteiger partial charge in [0.1, 0.15) is 18.1 Å². The van der Waals surface area contributed by atoms with Crippen molar-refractivity contribution >= 4 is 11.8 Å². The highest BCUT2D eigenvalue weighted by molar-refractivity contribution is 7.99. The van der Waals surface area contributed by atoms with Gasteiger partial charge in [-0.15, -0.1) is 10.2 Å². The molecule has 0 saturated heterocycles. The third-order valence-corrected chi connectivity index (χ3v) is 5.11. The molecule has 8 heteroatoms. The number of rotatable bonds is 11. The van der Waals surface area contributed by atoms with Crippen LogP contribution in [0.4, 0.5) is 0 Å². The smallest absolute Gasteiger partial charge is 0.191 e. The van der Waals surface area contributed by atoms with Crippen LogP contribution in [0.5, 0.6) is 23.0 Å². The predicted molar refractivity (Wildman–Crippen MR) is 112 cm³/mol. The van der Waals surface area contributed by atoms with Crippen LogP contribution in [-0.4, -0.2) is 41.3 Å². The van der Waals surface area contributed by atoms with Crippen LogP contribution in [0, 0.1) is 0 Å². The summed E-state index contributed by atoms with van der Waals surface area (Å²) >= 11 is 1.61. The molecule has 3 rings (SSSR count). The highest BCUT2D eigenvalue weighted by atomic mass is 32.2. The molecule has 7 nitrogen and oxygen atoms in total. The van der Waals surface area contributed by atoms with E-state index in [2.05, 4.69) is 17.1 Å². The Balaban J connectivity index is 1.52. The maximum atomic E-state index is 5.88. The van der Waals surface area contributed by atoms with Crippen molar-refractivity contribution in [2.24, 2.45) is 0 Å². The molecule has 0 saturated carbocycles. The van der Waals surface area contributed by atoms with E-state index >= 15 is 0 Å². The maximum absolute atomic E-state index is 5.88. The van der Waals surface area contributed by atoms with E-state index in [1.54, 1.807) is 26.0 Å². The number of thioether (sulfide) groups is 1. The van der Waals surface area contributed by atoms with Crippen LogP contribution >= 0.6 is 11.8 Å². The Morgan fingerprint density at radius 3 is 2.28 bits per heavy atom. The van der Waals surface area contributed by atoms with Gasteiger partial charge in [0.05, 0.1) is 20.8 Å². The van der Waals surface area contributed by atoms with Crippen LogP contribution in [0.15, 0.2) is 53.7 Å². The van der Waals surface area contributed by atoms with Gasteiger partial charge < -0.3 is 23.5 Å². The molecule has 1 aromatic heterocycles. The van der Waals surface area contributed by atoms with Crippen LogP contribution in [0.1, 0.15) is 12.7 Å². The molecule has 0 bridgehead atoms. The zero-order valence-electron chi connectivity index (χ0n) is 16.8. The fraction of sp³-hybridized carbons (Fsp3) is 0.333. The average Bonchev–Trinajstić information content (AvgIpc) is 3.17. The van der Waals surface area contributed by atoms with Gasteiger partial charge in [0.15, 0.2) is 22.5 Å². The summed E-state index contributed by atoms with van der Waals surface area (Å²) in [6, 6.07) is 15.1. The first-order valence-electron chi connectivity index (χ1n) is 9.32. The summed E-state index contributed by atoms with van der Waals surface area (Å²) in [7, 11) is 3.27. The fourth-order valence-corrected chi connectivity index (χ4v) is 3.53. The summed E-state index contributed by atoms with van der Waals surface area (Å²) < 4.78 is 24.2. The highest BCUT2D eigenvalue weighted by Crippen LogP contribution is 2.27. The molecule has 0 fully saturated rings. The minimum atomic E-state index is 0.324. The number of hydrogen-bond acceptors (Lipinski definition) is 7. The molecule has 0 spiro atoms. The number of benzene rings is 2. The van der Waals surface area contributed by atoms with Crippen molar-refractivity contribution in [2.75, 3.05) is 26.6 Å². The summed E-state index contributed by atoms with van der Waals surface area (Å²) in [5.74, 6) is 4.54. The highest BCUT2D eigenvalue weighted by Gasteiger charge is 2.13. The van der Waals surface area contributed by atoms with Gasteiger partial charge in [0, 0.05) is 12.3 Å². The van der Waals surface area contributed by atoms with E-state index < -0.39 is 0 Å². The Hall–Kier alpha value is -2.87. The van der Waals surface area contributed by atoms with Crippen LogP contribution in [0.3, 0.4) is 0 Å². The summed E-state index contributed by atoms with van der Waals surface area (Å²) in [6.45, 7) is 3.72. The van der Waals surface area contributed by atoms with Crippen molar-refractivity contribution in [3.63, 3.8) is 0 Å². The summed E-state index contributed by atoms with van der Waals surface area (Å²) in [4.78, 5) is 0. The first-order valence-corrected chi connectivity index (χ1v) is 10.3. The predicted octanol–water partition coefficient (Wildman–Crippen LogP) is 4.07. The lowest BCUT2D eigenvalue weighted by Crippen LogP contribution is -2.08. The lowest BCUT2D eigenvalue weighted by Gasteiger charge is -2.11. The van der Waals surface area contributed by atoms with E-state index in [1.807, 2.05) is 53.1 Å². The number of hydrogen-bond donors (Lipinski definition) is 0. The Morgan fingerprint density at radius 1 is 0.862 bits per heavy atom. The van der Waals surface area contributed by atoms with E-state index in [-0.39, 0.29) is 0 Å². The van der Waals surface area contributed by atoms with E-state index in [9.17, 15) is 0 Å². The number of nitrogens with zero attached hydrogens (tertiary/aromatic N) is 3. The van der Waals surface area contributed by atoms with Gasteiger partial charge in [0.25, 0.3) is 0 Å². The Bertz CT molecular complexity index is 899. The SMILES string of the molecule is CCn1c(COc2ccccc2OC)nnc1SCCOc1ccc(OC)cc1. The summed E-state index contributed by atoms with van der Waals surface area (Å²) in [5.41, 5.74) is 0. The van der Waals surface area contributed by atoms with Crippen molar-refractivity contribution < 1.29 is 18.9 Å². The normalized spacial score (nSPS) is 10.6. The third kappa shape index (κ3) is 5.57. The molecular weight excluding hydrogens is 390 g/mol. The molecular formula is C21H25N3O4S. The zero-order chi connectivity index (χ0) is 20.5. The second kappa shape index (κ2) is 10.6. The lowest BCUT2D eigenvalue weighted by atomic mass is 10.3. The molecule has 29 heavy (non-hydrogen) atoms.